The minimum Gasteiger partial charge on any atom is -0.313 e. The van der Waals surface area contributed by atoms with Crippen molar-refractivity contribution in [2.24, 2.45) is 0 Å². The largest absolute Gasteiger partial charge is 0.313 e. The molecule has 2 heteroatoms. The fourth-order valence-electron chi connectivity index (χ4n) is 2.26. The minimum atomic E-state index is 0.649. The Morgan fingerprint density at radius 2 is 2.12 bits per heavy atom. The summed E-state index contributed by atoms with van der Waals surface area (Å²) in [5.41, 5.74) is 3.16. The van der Waals surface area contributed by atoms with Crippen LogP contribution in [0.25, 0.3) is 0 Å². The number of fused-ring (bicyclic) bond motifs is 1. The van der Waals surface area contributed by atoms with E-state index in [1.54, 1.807) is 11.1 Å². The van der Waals surface area contributed by atoms with Gasteiger partial charge in [0.2, 0.25) is 0 Å². The highest BCUT2D eigenvalue weighted by Crippen LogP contribution is 2.27. The molecule has 0 aliphatic heterocycles. The zero-order valence-electron chi connectivity index (χ0n) is 11.0. The van der Waals surface area contributed by atoms with Crippen LogP contribution in [0.2, 0.25) is 0 Å². The van der Waals surface area contributed by atoms with Gasteiger partial charge in [0, 0.05) is 23.2 Å². The summed E-state index contributed by atoms with van der Waals surface area (Å²) >= 11 is 1.98. The summed E-state index contributed by atoms with van der Waals surface area (Å²) in [7, 11) is 0. The van der Waals surface area contributed by atoms with Gasteiger partial charge in [0.1, 0.15) is 0 Å². The summed E-state index contributed by atoms with van der Waals surface area (Å²) in [5, 5.41) is 3.53. The molecule has 1 aromatic carbocycles. The van der Waals surface area contributed by atoms with E-state index in [0.29, 0.717) is 6.04 Å². The zero-order chi connectivity index (χ0) is 12.1. The van der Waals surface area contributed by atoms with Crippen molar-refractivity contribution in [3.63, 3.8) is 0 Å². The number of thioether (sulfide) groups is 1. The molecule has 0 fully saturated rings. The molecule has 2 rings (SSSR count). The van der Waals surface area contributed by atoms with Crippen molar-refractivity contribution in [3.8, 4) is 0 Å². The number of rotatable bonds is 6. The first-order valence-electron chi connectivity index (χ1n) is 6.77. The molecule has 94 valence electrons. The van der Waals surface area contributed by atoms with Crippen molar-refractivity contribution in [2.45, 2.75) is 50.5 Å². The second-order valence-corrected chi connectivity index (χ2v) is 6.06. The SMILES string of the molecule is CCC(C)NCCSc1ccc2c(c1)CCC2. The maximum atomic E-state index is 3.53. The first kappa shape index (κ1) is 13.0. The Kier molecular flexibility index (Phi) is 4.93. The van der Waals surface area contributed by atoms with E-state index in [2.05, 4.69) is 37.4 Å². The van der Waals surface area contributed by atoms with Gasteiger partial charge >= 0.3 is 0 Å². The molecule has 1 N–H and O–H groups in total. The van der Waals surface area contributed by atoms with Crippen LogP contribution < -0.4 is 5.32 Å². The number of benzene rings is 1. The first-order chi connectivity index (χ1) is 8.29. The van der Waals surface area contributed by atoms with Crippen LogP contribution in [0.4, 0.5) is 0 Å². The summed E-state index contributed by atoms with van der Waals surface area (Å²) in [6.07, 6.45) is 5.13. The van der Waals surface area contributed by atoms with Crippen LogP contribution in [0, 0.1) is 0 Å². The second-order valence-electron chi connectivity index (χ2n) is 4.90. The fraction of sp³-hybridized carbons (Fsp3) is 0.600. The van der Waals surface area contributed by atoms with Crippen molar-refractivity contribution in [1.82, 2.24) is 5.32 Å². The van der Waals surface area contributed by atoms with E-state index >= 15 is 0 Å². The predicted molar refractivity (Wildman–Crippen MR) is 76.9 cm³/mol. The lowest BCUT2D eigenvalue weighted by molar-refractivity contribution is 0.555. The molecule has 0 amide bonds. The number of hydrogen-bond acceptors (Lipinski definition) is 2. The van der Waals surface area contributed by atoms with Crippen molar-refractivity contribution < 1.29 is 0 Å². The van der Waals surface area contributed by atoms with E-state index in [9.17, 15) is 0 Å². The molecule has 0 spiro atoms. The zero-order valence-corrected chi connectivity index (χ0v) is 11.8. The summed E-state index contributed by atoms with van der Waals surface area (Å²) in [4.78, 5) is 1.44. The van der Waals surface area contributed by atoms with Gasteiger partial charge in [-0.25, -0.2) is 0 Å². The first-order valence-corrected chi connectivity index (χ1v) is 7.76. The average molecular weight is 249 g/mol. The van der Waals surface area contributed by atoms with Crippen LogP contribution in [-0.2, 0) is 12.8 Å². The van der Waals surface area contributed by atoms with Gasteiger partial charge in [0.25, 0.3) is 0 Å². The van der Waals surface area contributed by atoms with Crippen LogP contribution in [0.5, 0.6) is 0 Å². The molecule has 1 aliphatic rings. The van der Waals surface area contributed by atoms with Crippen molar-refractivity contribution in [2.75, 3.05) is 12.3 Å². The lowest BCUT2D eigenvalue weighted by Gasteiger charge is -2.11. The van der Waals surface area contributed by atoms with E-state index in [1.165, 1.54) is 36.3 Å². The maximum Gasteiger partial charge on any atom is 0.0106 e. The van der Waals surface area contributed by atoms with Crippen LogP contribution >= 0.6 is 11.8 Å². The van der Waals surface area contributed by atoms with Gasteiger partial charge in [0.05, 0.1) is 0 Å². The average Bonchev–Trinajstić information content (AvgIpc) is 2.81. The molecule has 1 aromatic rings. The Labute approximate surface area is 109 Å². The molecular weight excluding hydrogens is 226 g/mol. The standard InChI is InChI=1S/C15H23NS/c1-3-12(2)16-9-10-17-15-8-7-13-5-4-6-14(13)11-15/h7-8,11-12,16H,3-6,9-10H2,1-2H3. The van der Waals surface area contributed by atoms with E-state index in [1.807, 2.05) is 11.8 Å². The van der Waals surface area contributed by atoms with Gasteiger partial charge in [0.15, 0.2) is 0 Å². The highest BCUT2D eigenvalue weighted by atomic mass is 32.2. The smallest absolute Gasteiger partial charge is 0.0106 e. The summed E-state index contributed by atoms with van der Waals surface area (Å²) in [5.74, 6) is 1.17. The molecule has 0 radical (unpaired) electrons. The van der Waals surface area contributed by atoms with Gasteiger partial charge in [-0.05, 0) is 55.9 Å². The fourth-order valence-corrected chi connectivity index (χ4v) is 3.10. The quantitative estimate of drug-likeness (QED) is 0.610. The topological polar surface area (TPSA) is 12.0 Å². The van der Waals surface area contributed by atoms with E-state index in [-0.39, 0.29) is 0 Å². The van der Waals surface area contributed by atoms with E-state index in [4.69, 9.17) is 0 Å². The van der Waals surface area contributed by atoms with Crippen molar-refractivity contribution >= 4 is 11.8 Å². The molecule has 0 aromatic heterocycles. The van der Waals surface area contributed by atoms with Crippen LogP contribution in [0.3, 0.4) is 0 Å². The Morgan fingerprint density at radius 3 is 2.94 bits per heavy atom. The Balaban J connectivity index is 1.76. The van der Waals surface area contributed by atoms with Gasteiger partial charge in [-0.15, -0.1) is 11.8 Å². The van der Waals surface area contributed by atoms with Crippen LogP contribution in [0.1, 0.15) is 37.8 Å². The monoisotopic (exact) mass is 249 g/mol. The molecule has 0 saturated heterocycles. The molecular formula is C15H23NS. The third-order valence-corrected chi connectivity index (χ3v) is 4.54. The summed E-state index contributed by atoms with van der Waals surface area (Å²) in [6, 6.07) is 7.66. The molecule has 1 nitrogen and oxygen atoms in total. The van der Waals surface area contributed by atoms with E-state index in [0.717, 1.165) is 6.54 Å². The Morgan fingerprint density at radius 1 is 1.29 bits per heavy atom. The summed E-state index contributed by atoms with van der Waals surface area (Å²) < 4.78 is 0. The van der Waals surface area contributed by atoms with Gasteiger partial charge in [-0.3, -0.25) is 0 Å². The lowest BCUT2D eigenvalue weighted by atomic mass is 10.1. The molecule has 0 bridgehead atoms. The molecule has 0 heterocycles. The van der Waals surface area contributed by atoms with E-state index < -0.39 is 0 Å². The van der Waals surface area contributed by atoms with Gasteiger partial charge in [-0.1, -0.05) is 13.0 Å². The van der Waals surface area contributed by atoms with Crippen molar-refractivity contribution in [3.05, 3.63) is 29.3 Å². The van der Waals surface area contributed by atoms with Crippen LogP contribution in [-0.4, -0.2) is 18.3 Å². The van der Waals surface area contributed by atoms with Gasteiger partial charge in [-0.2, -0.15) is 0 Å². The molecule has 0 saturated carbocycles. The molecule has 1 unspecified atom stereocenters. The Bertz CT molecular complexity index is 362. The number of aryl methyl sites for hydroxylation is 2. The minimum absolute atomic E-state index is 0.649. The van der Waals surface area contributed by atoms with Gasteiger partial charge < -0.3 is 5.32 Å². The van der Waals surface area contributed by atoms with Crippen LogP contribution in [0.15, 0.2) is 23.1 Å². The maximum absolute atomic E-state index is 3.53. The third kappa shape index (κ3) is 3.75. The highest BCUT2D eigenvalue weighted by Gasteiger charge is 2.10. The summed E-state index contributed by atoms with van der Waals surface area (Å²) in [6.45, 7) is 5.59. The molecule has 1 aliphatic carbocycles. The number of hydrogen-bond donors (Lipinski definition) is 1. The normalized spacial score (nSPS) is 15.9. The predicted octanol–water partition coefficient (Wildman–Crippen LogP) is 3.66. The Hall–Kier alpha value is -0.470. The number of nitrogens with one attached hydrogen (secondary N) is 1. The molecule has 1 atom stereocenters. The lowest BCUT2D eigenvalue weighted by Crippen LogP contribution is -2.27. The molecule has 17 heavy (non-hydrogen) atoms. The second kappa shape index (κ2) is 6.46. The highest BCUT2D eigenvalue weighted by molar-refractivity contribution is 7.99. The van der Waals surface area contributed by atoms with Crippen molar-refractivity contribution in [1.29, 1.82) is 0 Å². The third-order valence-electron chi connectivity index (χ3n) is 3.55.